The van der Waals surface area contributed by atoms with Crippen LogP contribution >= 0.6 is 22.7 Å². The van der Waals surface area contributed by atoms with Crippen molar-refractivity contribution in [1.29, 1.82) is 0 Å². The van der Waals surface area contributed by atoms with E-state index in [4.69, 9.17) is 4.74 Å². The van der Waals surface area contributed by atoms with Gasteiger partial charge in [-0.3, -0.25) is 5.32 Å². The van der Waals surface area contributed by atoms with Crippen molar-refractivity contribution >= 4 is 40.4 Å². The Hall–Kier alpha value is -1.85. The zero-order valence-corrected chi connectivity index (χ0v) is 25.4. The molecule has 1 atom stereocenters. The first kappa shape index (κ1) is 28.2. The van der Waals surface area contributed by atoms with Crippen LogP contribution in [0.4, 0.5) is 14.9 Å². The van der Waals surface area contributed by atoms with E-state index in [1.807, 2.05) is 66.2 Å². The maximum atomic E-state index is 14.2. The van der Waals surface area contributed by atoms with Crippen LogP contribution in [0.2, 0.25) is 0 Å². The second-order valence-electron chi connectivity index (χ2n) is 9.00. The van der Waals surface area contributed by atoms with Crippen LogP contribution in [-0.2, 0) is 14.9 Å². The summed E-state index contributed by atoms with van der Waals surface area (Å²) in [5, 5.41) is 17.7. The zero-order chi connectivity index (χ0) is 25.4. The number of thiophene rings is 2. The molecular formula is C28H23FKNO4S2. The van der Waals surface area contributed by atoms with Crippen molar-refractivity contribution in [3.63, 3.8) is 0 Å². The first-order chi connectivity index (χ1) is 17.3. The summed E-state index contributed by atoms with van der Waals surface area (Å²) in [6.45, 7) is 3.77. The van der Waals surface area contributed by atoms with Crippen LogP contribution < -0.4 is 61.8 Å². The number of nitrogens with one attached hydrogen (secondary N) is 1. The number of hydrogen-bond acceptors (Lipinski definition) is 6. The minimum atomic E-state index is -1.02. The number of hydrogen-bond donors (Lipinski definition) is 1. The van der Waals surface area contributed by atoms with Crippen molar-refractivity contribution in [1.82, 2.24) is 0 Å². The van der Waals surface area contributed by atoms with Crippen LogP contribution in [0.5, 0.6) is 0 Å². The van der Waals surface area contributed by atoms with E-state index in [1.54, 1.807) is 18.3 Å². The second-order valence-corrected chi connectivity index (χ2v) is 10.7. The monoisotopic (exact) mass is 559 g/mol. The Morgan fingerprint density at radius 2 is 1.62 bits per heavy atom. The van der Waals surface area contributed by atoms with Gasteiger partial charge in [-0.05, 0) is 65.3 Å². The molecule has 1 fully saturated rings. The molecule has 1 saturated carbocycles. The van der Waals surface area contributed by atoms with Crippen LogP contribution in [0.15, 0.2) is 65.4 Å². The number of aryl methyl sites for hydroxylation is 1. The van der Waals surface area contributed by atoms with Crippen LogP contribution in [0.3, 0.4) is 0 Å². The van der Waals surface area contributed by atoms with Crippen LogP contribution in [-0.4, -0.2) is 12.1 Å². The van der Waals surface area contributed by atoms with E-state index < -0.39 is 28.7 Å². The summed E-state index contributed by atoms with van der Waals surface area (Å²) in [7, 11) is 0. The van der Waals surface area contributed by atoms with Crippen LogP contribution in [0, 0.1) is 12.1 Å². The summed E-state index contributed by atoms with van der Waals surface area (Å²) in [6.07, 6.45) is 0.151. The van der Waals surface area contributed by atoms with E-state index in [-0.39, 0.29) is 51.4 Å². The first-order valence-electron chi connectivity index (χ1n) is 11.5. The number of aliphatic carboxylic acids is 1. The van der Waals surface area contributed by atoms with Gasteiger partial charge >= 0.3 is 57.5 Å². The molecule has 2 aromatic carbocycles. The Balaban J connectivity index is 0.00000320. The summed E-state index contributed by atoms with van der Waals surface area (Å²) in [6, 6.07) is 16.3. The molecule has 0 radical (unpaired) electrons. The number of rotatable bonds is 7. The minimum absolute atomic E-state index is 0. The Bertz CT molecular complexity index is 1430. The standard InChI is InChI=1S/C28H24FNO4S2.K/c1-16-14-35-15-22(16)17(2)34-27(33)30-23-13-24(29)36-25(23)20-5-3-18(4-6-20)19-7-9-21(10-8-19)28(11-12-28)26(31)32;/h3-10,13-15,17H,11-12H2,1-2H3,(H,30,33)(H,31,32);/q;+1/p-1/t17-;/m1./s1. The number of carboxylic acid groups (broad SMARTS) is 1. The van der Waals surface area contributed by atoms with E-state index in [1.165, 1.54) is 6.07 Å². The SMILES string of the molecule is Cc1cscc1[C@@H](C)OC(=O)Nc1cc(F)sc1-c1ccc(-c2ccc(C3(C(=O)[O-])CC3)cc2)cc1.[K+]. The van der Waals surface area contributed by atoms with E-state index in [0.29, 0.717) is 23.4 Å². The van der Waals surface area contributed by atoms with Gasteiger partial charge in [0.05, 0.1) is 16.5 Å². The average molecular weight is 560 g/mol. The number of benzene rings is 2. The molecule has 1 aliphatic rings. The maximum absolute atomic E-state index is 14.2. The fourth-order valence-electron chi connectivity index (χ4n) is 4.35. The molecule has 0 bridgehead atoms. The second kappa shape index (κ2) is 11.5. The van der Waals surface area contributed by atoms with Crippen molar-refractivity contribution in [3.8, 4) is 21.6 Å². The van der Waals surface area contributed by atoms with Gasteiger partial charge in [0, 0.05) is 17.0 Å². The van der Waals surface area contributed by atoms with Crippen molar-refractivity contribution in [2.24, 2.45) is 0 Å². The van der Waals surface area contributed by atoms with Gasteiger partial charge in [-0.2, -0.15) is 15.7 Å². The number of halogens is 1. The predicted octanol–water partition coefficient (Wildman–Crippen LogP) is 3.69. The van der Waals surface area contributed by atoms with Gasteiger partial charge in [0.2, 0.25) is 0 Å². The smallest absolute Gasteiger partial charge is 0.549 e. The summed E-state index contributed by atoms with van der Waals surface area (Å²) < 4.78 is 19.7. The summed E-state index contributed by atoms with van der Waals surface area (Å²) in [4.78, 5) is 24.6. The summed E-state index contributed by atoms with van der Waals surface area (Å²) in [5.41, 5.74) is 4.93. The molecule has 0 unspecified atom stereocenters. The minimum Gasteiger partial charge on any atom is -0.549 e. The van der Waals surface area contributed by atoms with Crippen molar-refractivity contribution in [2.75, 3.05) is 5.32 Å². The largest absolute Gasteiger partial charge is 1.00 e. The van der Waals surface area contributed by atoms with Crippen molar-refractivity contribution in [3.05, 3.63) is 87.2 Å². The third kappa shape index (κ3) is 5.93. The molecule has 1 N–H and O–H groups in total. The molecule has 5 nitrogen and oxygen atoms in total. The van der Waals surface area contributed by atoms with Gasteiger partial charge in [0.15, 0.2) is 5.13 Å². The molecule has 9 heteroatoms. The maximum Gasteiger partial charge on any atom is 1.00 e. The Morgan fingerprint density at radius 1 is 1.03 bits per heavy atom. The Labute approximate surface area is 265 Å². The number of carboxylic acids is 1. The molecule has 0 spiro atoms. The van der Waals surface area contributed by atoms with E-state index in [0.717, 1.165) is 44.7 Å². The van der Waals surface area contributed by atoms with Crippen LogP contribution in [0.1, 0.15) is 42.6 Å². The van der Waals surface area contributed by atoms with Gasteiger partial charge in [0.25, 0.3) is 0 Å². The van der Waals surface area contributed by atoms with Gasteiger partial charge < -0.3 is 14.6 Å². The number of anilines is 1. The molecule has 4 aromatic rings. The summed E-state index contributed by atoms with van der Waals surface area (Å²) in [5.74, 6) is -1.02. The van der Waals surface area contributed by atoms with Crippen molar-refractivity contribution in [2.45, 2.75) is 38.2 Å². The molecule has 0 aliphatic heterocycles. The van der Waals surface area contributed by atoms with Gasteiger partial charge in [-0.15, -0.1) is 11.3 Å². The van der Waals surface area contributed by atoms with E-state index in [9.17, 15) is 19.1 Å². The molecule has 1 aliphatic carbocycles. The third-order valence-electron chi connectivity index (χ3n) is 6.61. The van der Waals surface area contributed by atoms with E-state index >= 15 is 0 Å². The normalized spacial score (nSPS) is 14.4. The predicted molar refractivity (Wildman–Crippen MR) is 139 cm³/mol. The number of carbonyl (C=O) groups is 2. The quantitative estimate of drug-likeness (QED) is 0.351. The first-order valence-corrected chi connectivity index (χ1v) is 13.3. The topological polar surface area (TPSA) is 78.5 Å². The molecule has 5 rings (SSSR count). The molecule has 1 amide bonds. The van der Waals surface area contributed by atoms with Gasteiger partial charge in [0.1, 0.15) is 6.10 Å². The molecule has 37 heavy (non-hydrogen) atoms. The number of ether oxygens (including phenoxy) is 1. The fourth-order valence-corrected chi connectivity index (χ4v) is 6.13. The molecule has 2 aromatic heterocycles. The third-order valence-corrected chi connectivity index (χ3v) is 8.47. The zero-order valence-electron chi connectivity index (χ0n) is 20.7. The van der Waals surface area contributed by atoms with Crippen molar-refractivity contribution < 1.29 is 75.2 Å². The summed E-state index contributed by atoms with van der Waals surface area (Å²) >= 11 is 2.50. The van der Waals surface area contributed by atoms with Crippen LogP contribution in [0.25, 0.3) is 21.6 Å². The fraction of sp³-hybridized carbons (Fsp3) is 0.214. The molecule has 184 valence electrons. The molecule has 0 saturated heterocycles. The Kier molecular flexibility index (Phi) is 8.74. The average Bonchev–Trinajstić information content (AvgIpc) is 3.45. The molecule has 2 heterocycles. The van der Waals surface area contributed by atoms with E-state index in [2.05, 4.69) is 5.32 Å². The van der Waals surface area contributed by atoms with Gasteiger partial charge in [-0.25, -0.2) is 4.79 Å². The van der Waals surface area contributed by atoms with Gasteiger partial charge in [-0.1, -0.05) is 48.5 Å². The number of carbonyl (C=O) groups excluding carboxylic acids is 2. The molecular weight excluding hydrogens is 537 g/mol. The Morgan fingerprint density at radius 3 is 2.16 bits per heavy atom. The number of amides is 1.